The van der Waals surface area contributed by atoms with E-state index in [2.05, 4.69) is 0 Å². The standard InChI is InChI=1S/C12H21NO2/c1-8(14)7-12(15)11-5-3-10(4-6-11)9(2)13/h9-11H,3-7,13H2,1-2H3. The molecule has 1 aliphatic rings. The highest BCUT2D eigenvalue weighted by atomic mass is 16.1. The Kier molecular flexibility index (Phi) is 4.45. The fourth-order valence-electron chi connectivity index (χ4n) is 2.36. The van der Waals surface area contributed by atoms with Crippen molar-refractivity contribution in [3.05, 3.63) is 0 Å². The maximum Gasteiger partial charge on any atom is 0.143 e. The average molecular weight is 211 g/mol. The summed E-state index contributed by atoms with van der Waals surface area (Å²) >= 11 is 0. The largest absolute Gasteiger partial charge is 0.328 e. The molecule has 1 atom stereocenters. The van der Waals surface area contributed by atoms with E-state index >= 15 is 0 Å². The molecule has 0 aromatic carbocycles. The minimum absolute atomic E-state index is 0.0192. The van der Waals surface area contributed by atoms with Gasteiger partial charge in [-0.2, -0.15) is 0 Å². The molecule has 86 valence electrons. The van der Waals surface area contributed by atoms with Gasteiger partial charge in [0.05, 0.1) is 6.42 Å². The van der Waals surface area contributed by atoms with E-state index in [0.717, 1.165) is 25.7 Å². The number of nitrogens with two attached hydrogens (primary N) is 1. The van der Waals surface area contributed by atoms with Crippen LogP contribution in [0.4, 0.5) is 0 Å². The van der Waals surface area contributed by atoms with Crippen molar-refractivity contribution in [3.63, 3.8) is 0 Å². The minimum atomic E-state index is -0.0192. The molecular formula is C12H21NO2. The Morgan fingerprint density at radius 3 is 2.20 bits per heavy atom. The van der Waals surface area contributed by atoms with E-state index in [1.54, 1.807) is 0 Å². The van der Waals surface area contributed by atoms with E-state index < -0.39 is 0 Å². The molecule has 0 aliphatic heterocycles. The molecule has 15 heavy (non-hydrogen) atoms. The van der Waals surface area contributed by atoms with Gasteiger partial charge in [0.15, 0.2) is 0 Å². The number of hydrogen-bond donors (Lipinski definition) is 1. The van der Waals surface area contributed by atoms with Crippen molar-refractivity contribution >= 4 is 11.6 Å². The van der Waals surface area contributed by atoms with Crippen molar-refractivity contribution in [1.82, 2.24) is 0 Å². The van der Waals surface area contributed by atoms with Gasteiger partial charge in [-0.15, -0.1) is 0 Å². The third-order valence-electron chi connectivity index (χ3n) is 3.39. The first-order valence-corrected chi connectivity index (χ1v) is 5.78. The van der Waals surface area contributed by atoms with Gasteiger partial charge in [-0.3, -0.25) is 9.59 Å². The van der Waals surface area contributed by atoms with Crippen LogP contribution in [-0.2, 0) is 9.59 Å². The van der Waals surface area contributed by atoms with Crippen molar-refractivity contribution in [2.75, 3.05) is 0 Å². The van der Waals surface area contributed by atoms with Crippen LogP contribution >= 0.6 is 0 Å². The molecule has 3 nitrogen and oxygen atoms in total. The summed E-state index contributed by atoms with van der Waals surface area (Å²) in [7, 11) is 0. The number of rotatable bonds is 4. The predicted octanol–water partition coefficient (Wildman–Crippen LogP) is 1.69. The quantitative estimate of drug-likeness (QED) is 0.720. The molecule has 3 heteroatoms. The van der Waals surface area contributed by atoms with Crippen molar-refractivity contribution in [2.45, 2.75) is 52.0 Å². The monoisotopic (exact) mass is 211 g/mol. The van der Waals surface area contributed by atoms with E-state index in [-0.39, 0.29) is 29.9 Å². The molecule has 0 bridgehead atoms. The first-order chi connectivity index (χ1) is 7.00. The van der Waals surface area contributed by atoms with Crippen LogP contribution in [0.1, 0.15) is 46.0 Å². The summed E-state index contributed by atoms with van der Waals surface area (Å²) in [5, 5.41) is 0. The van der Waals surface area contributed by atoms with Crippen LogP contribution in [0.3, 0.4) is 0 Å². The molecule has 0 amide bonds. The summed E-state index contributed by atoms with van der Waals surface area (Å²) in [6, 6.07) is 0.230. The summed E-state index contributed by atoms with van der Waals surface area (Å²) in [5.41, 5.74) is 5.83. The molecule has 0 radical (unpaired) electrons. The Morgan fingerprint density at radius 2 is 1.80 bits per heavy atom. The van der Waals surface area contributed by atoms with Gasteiger partial charge in [0, 0.05) is 12.0 Å². The van der Waals surface area contributed by atoms with Crippen molar-refractivity contribution < 1.29 is 9.59 Å². The molecule has 1 fully saturated rings. The maximum absolute atomic E-state index is 11.6. The van der Waals surface area contributed by atoms with Crippen LogP contribution in [0.25, 0.3) is 0 Å². The van der Waals surface area contributed by atoms with E-state index in [1.807, 2.05) is 6.92 Å². The summed E-state index contributed by atoms with van der Waals surface area (Å²) in [6.45, 7) is 3.51. The number of Topliss-reactive ketones (excluding diaryl/α,β-unsaturated/α-hetero) is 2. The highest BCUT2D eigenvalue weighted by molar-refractivity contribution is 5.99. The SMILES string of the molecule is CC(=O)CC(=O)C1CCC(C(C)N)CC1. The summed E-state index contributed by atoms with van der Waals surface area (Å²) < 4.78 is 0. The van der Waals surface area contributed by atoms with Crippen LogP contribution < -0.4 is 5.73 Å². The number of carbonyl (C=O) groups excluding carboxylic acids is 2. The molecule has 1 unspecified atom stereocenters. The molecule has 1 aliphatic carbocycles. The van der Waals surface area contributed by atoms with Gasteiger partial charge in [-0.05, 0) is 45.4 Å². The minimum Gasteiger partial charge on any atom is -0.328 e. The molecule has 0 heterocycles. The molecule has 2 N–H and O–H groups in total. The predicted molar refractivity (Wildman–Crippen MR) is 59.4 cm³/mol. The van der Waals surface area contributed by atoms with Gasteiger partial charge in [0.1, 0.15) is 11.6 Å². The fraction of sp³-hybridized carbons (Fsp3) is 0.833. The Morgan fingerprint density at radius 1 is 1.27 bits per heavy atom. The molecule has 0 spiro atoms. The Bertz CT molecular complexity index is 240. The number of carbonyl (C=O) groups is 2. The van der Waals surface area contributed by atoms with Crippen LogP contribution in [0.15, 0.2) is 0 Å². The summed E-state index contributed by atoms with van der Waals surface area (Å²) in [4.78, 5) is 22.5. The number of ketones is 2. The van der Waals surface area contributed by atoms with Gasteiger partial charge in [-0.1, -0.05) is 0 Å². The van der Waals surface area contributed by atoms with E-state index in [9.17, 15) is 9.59 Å². The van der Waals surface area contributed by atoms with Crippen molar-refractivity contribution in [1.29, 1.82) is 0 Å². The van der Waals surface area contributed by atoms with Crippen LogP contribution in [0.2, 0.25) is 0 Å². The Balaban J connectivity index is 2.37. The van der Waals surface area contributed by atoms with Crippen LogP contribution in [0, 0.1) is 11.8 Å². The van der Waals surface area contributed by atoms with Crippen molar-refractivity contribution in [3.8, 4) is 0 Å². The molecular weight excluding hydrogens is 190 g/mol. The van der Waals surface area contributed by atoms with E-state index in [0.29, 0.717) is 5.92 Å². The van der Waals surface area contributed by atoms with Crippen molar-refractivity contribution in [2.24, 2.45) is 17.6 Å². The first kappa shape index (κ1) is 12.4. The smallest absolute Gasteiger partial charge is 0.143 e. The molecule has 1 saturated carbocycles. The third kappa shape index (κ3) is 3.74. The Labute approximate surface area is 91.4 Å². The van der Waals surface area contributed by atoms with E-state index in [1.165, 1.54) is 6.92 Å². The third-order valence-corrected chi connectivity index (χ3v) is 3.39. The van der Waals surface area contributed by atoms with E-state index in [4.69, 9.17) is 5.73 Å². The average Bonchev–Trinajstić information content (AvgIpc) is 2.17. The van der Waals surface area contributed by atoms with Gasteiger partial charge in [-0.25, -0.2) is 0 Å². The zero-order valence-electron chi connectivity index (χ0n) is 9.66. The lowest BCUT2D eigenvalue weighted by Crippen LogP contribution is -2.32. The lowest BCUT2D eigenvalue weighted by atomic mass is 9.77. The lowest BCUT2D eigenvalue weighted by Gasteiger charge is -2.29. The topological polar surface area (TPSA) is 60.2 Å². The second-order valence-electron chi connectivity index (χ2n) is 4.82. The van der Waals surface area contributed by atoms with Gasteiger partial charge in [0.2, 0.25) is 0 Å². The van der Waals surface area contributed by atoms with Gasteiger partial charge < -0.3 is 5.73 Å². The molecule has 1 rings (SSSR count). The van der Waals surface area contributed by atoms with Crippen LogP contribution in [0.5, 0.6) is 0 Å². The fourth-order valence-corrected chi connectivity index (χ4v) is 2.36. The number of hydrogen-bond acceptors (Lipinski definition) is 3. The first-order valence-electron chi connectivity index (χ1n) is 5.78. The Hall–Kier alpha value is -0.700. The zero-order chi connectivity index (χ0) is 11.4. The molecule has 0 aromatic rings. The lowest BCUT2D eigenvalue weighted by molar-refractivity contribution is -0.129. The maximum atomic E-state index is 11.6. The zero-order valence-corrected chi connectivity index (χ0v) is 9.66. The van der Waals surface area contributed by atoms with Crippen LogP contribution in [-0.4, -0.2) is 17.6 Å². The summed E-state index contributed by atoms with van der Waals surface area (Å²) in [6.07, 6.45) is 4.02. The normalized spacial score (nSPS) is 28.5. The molecule has 0 saturated heterocycles. The van der Waals surface area contributed by atoms with Gasteiger partial charge >= 0.3 is 0 Å². The highest BCUT2D eigenvalue weighted by Crippen LogP contribution is 2.31. The molecule has 0 aromatic heterocycles. The second-order valence-corrected chi connectivity index (χ2v) is 4.82. The summed E-state index contributed by atoms with van der Waals surface area (Å²) in [5.74, 6) is 0.787. The van der Waals surface area contributed by atoms with Gasteiger partial charge in [0.25, 0.3) is 0 Å². The second kappa shape index (κ2) is 5.40. The highest BCUT2D eigenvalue weighted by Gasteiger charge is 2.27.